The number of urea groups is 1. The lowest BCUT2D eigenvalue weighted by atomic mass is 9.92. The fourth-order valence-corrected chi connectivity index (χ4v) is 3.00. The van der Waals surface area contributed by atoms with Gasteiger partial charge in [0.15, 0.2) is 0 Å². The van der Waals surface area contributed by atoms with Crippen molar-refractivity contribution in [3.05, 3.63) is 66.0 Å². The Morgan fingerprint density at radius 1 is 1.11 bits per heavy atom. The topological polar surface area (TPSA) is 96.8 Å². The minimum atomic E-state index is -1.21. The Balaban J connectivity index is 1.60. The molecular formula is C20H17N5O3. The average Bonchev–Trinajstić information content (AvgIpc) is 2.95. The standard InChI is InChI=1S/C20H17N5O3/c1-20(13-7-9-15(28-2)10-8-13)18(26)25(19(27)24-20)22-12-14-11-21-16-5-3-4-6-17(16)23-14/h3-12H,1-2H3,(H,24,27)/b22-12-/t20-/m0/s1. The van der Waals surface area contributed by atoms with Crippen LogP contribution in [-0.2, 0) is 10.3 Å². The maximum absolute atomic E-state index is 12.9. The number of fused-ring (bicyclic) bond motifs is 1. The number of benzene rings is 2. The minimum absolute atomic E-state index is 0.442. The van der Waals surface area contributed by atoms with E-state index < -0.39 is 17.5 Å². The number of hydrazone groups is 1. The maximum atomic E-state index is 12.9. The number of para-hydroxylation sites is 2. The Hall–Kier alpha value is -3.81. The van der Waals surface area contributed by atoms with E-state index in [1.165, 1.54) is 12.4 Å². The SMILES string of the molecule is COc1ccc([C@]2(C)NC(=O)N(/N=C\c3cnc4ccccc4n3)C2=O)cc1. The highest BCUT2D eigenvalue weighted by Gasteiger charge is 2.49. The normalized spacial score (nSPS) is 19.4. The van der Waals surface area contributed by atoms with Gasteiger partial charge in [0.2, 0.25) is 0 Å². The first-order chi connectivity index (χ1) is 13.5. The van der Waals surface area contributed by atoms with Crippen molar-refractivity contribution in [1.82, 2.24) is 20.3 Å². The predicted octanol–water partition coefficient (Wildman–Crippen LogP) is 2.44. The number of aromatic nitrogens is 2. The summed E-state index contributed by atoms with van der Waals surface area (Å²) in [4.78, 5) is 33.9. The second-order valence-electron chi connectivity index (χ2n) is 6.43. The van der Waals surface area contributed by atoms with Crippen LogP contribution in [0.1, 0.15) is 18.2 Å². The molecule has 1 aliphatic rings. The highest BCUT2D eigenvalue weighted by Crippen LogP contribution is 2.30. The van der Waals surface area contributed by atoms with Crippen molar-refractivity contribution >= 4 is 29.2 Å². The molecule has 0 aliphatic carbocycles. The number of methoxy groups -OCH3 is 1. The second kappa shape index (κ2) is 6.73. The zero-order valence-electron chi connectivity index (χ0n) is 15.3. The molecule has 1 aromatic heterocycles. The lowest BCUT2D eigenvalue weighted by Crippen LogP contribution is -2.40. The molecule has 1 atom stereocenters. The lowest BCUT2D eigenvalue weighted by molar-refractivity contribution is -0.131. The molecule has 2 aromatic carbocycles. The van der Waals surface area contributed by atoms with Gasteiger partial charge >= 0.3 is 6.03 Å². The molecule has 0 spiro atoms. The van der Waals surface area contributed by atoms with Crippen LogP contribution in [0, 0.1) is 0 Å². The van der Waals surface area contributed by atoms with E-state index in [1.54, 1.807) is 38.3 Å². The fraction of sp³-hybridized carbons (Fsp3) is 0.150. The molecule has 4 rings (SSSR count). The number of carbonyl (C=O) groups is 2. The molecule has 1 saturated heterocycles. The Bertz CT molecular complexity index is 1100. The molecule has 3 aromatic rings. The molecule has 8 heteroatoms. The van der Waals surface area contributed by atoms with Crippen molar-refractivity contribution in [2.24, 2.45) is 5.10 Å². The quantitative estimate of drug-likeness (QED) is 0.558. The van der Waals surface area contributed by atoms with E-state index >= 15 is 0 Å². The molecule has 3 amide bonds. The van der Waals surface area contributed by atoms with Crippen molar-refractivity contribution < 1.29 is 14.3 Å². The van der Waals surface area contributed by atoms with Gasteiger partial charge in [-0.2, -0.15) is 5.10 Å². The number of rotatable bonds is 4. The van der Waals surface area contributed by atoms with Gasteiger partial charge in [0.25, 0.3) is 5.91 Å². The molecule has 0 bridgehead atoms. The van der Waals surface area contributed by atoms with E-state index in [0.29, 0.717) is 22.5 Å². The Labute approximate surface area is 160 Å². The number of nitrogens with zero attached hydrogens (tertiary/aromatic N) is 4. The summed E-state index contributed by atoms with van der Waals surface area (Å²) in [6, 6.07) is 13.7. The number of amides is 3. The van der Waals surface area contributed by atoms with Gasteiger partial charge in [-0.25, -0.2) is 9.78 Å². The number of hydrogen-bond acceptors (Lipinski definition) is 6. The first-order valence-electron chi connectivity index (χ1n) is 8.58. The molecule has 8 nitrogen and oxygen atoms in total. The monoisotopic (exact) mass is 375 g/mol. The Morgan fingerprint density at radius 3 is 2.54 bits per heavy atom. The molecule has 2 heterocycles. The Morgan fingerprint density at radius 2 is 1.82 bits per heavy atom. The van der Waals surface area contributed by atoms with Crippen LogP contribution in [0.15, 0.2) is 59.8 Å². The number of nitrogens with one attached hydrogen (secondary N) is 1. The maximum Gasteiger partial charge on any atom is 0.346 e. The summed E-state index contributed by atoms with van der Waals surface area (Å²) in [6.07, 6.45) is 2.88. The molecule has 1 fully saturated rings. The lowest BCUT2D eigenvalue weighted by Gasteiger charge is -2.21. The van der Waals surface area contributed by atoms with Crippen LogP contribution in [0.25, 0.3) is 11.0 Å². The van der Waals surface area contributed by atoms with Crippen LogP contribution in [0.5, 0.6) is 5.75 Å². The summed E-state index contributed by atoms with van der Waals surface area (Å²) in [5, 5.41) is 7.54. The molecule has 0 unspecified atom stereocenters. The number of ether oxygens (including phenoxy) is 1. The molecule has 1 N–H and O–H groups in total. The van der Waals surface area contributed by atoms with Crippen LogP contribution < -0.4 is 10.1 Å². The van der Waals surface area contributed by atoms with E-state index in [0.717, 1.165) is 10.5 Å². The third-order valence-corrected chi connectivity index (χ3v) is 4.61. The smallest absolute Gasteiger partial charge is 0.346 e. The number of imide groups is 1. The van der Waals surface area contributed by atoms with E-state index in [9.17, 15) is 9.59 Å². The molecule has 0 saturated carbocycles. The van der Waals surface area contributed by atoms with Gasteiger partial charge in [-0.05, 0) is 36.8 Å². The van der Waals surface area contributed by atoms with Gasteiger partial charge in [-0.1, -0.05) is 24.3 Å². The molecule has 140 valence electrons. The minimum Gasteiger partial charge on any atom is -0.497 e. The summed E-state index contributed by atoms with van der Waals surface area (Å²) >= 11 is 0. The predicted molar refractivity (Wildman–Crippen MR) is 103 cm³/mol. The second-order valence-corrected chi connectivity index (χ2v) is 6.43. The molecule has 1 aliphatic heterocycles. The van der Waals surface area contributed by atoms with Crippen molar-refractivity contribution in [3.8, 4) is 5.75 Å². The van der Waals surface area contributed by atoms with Crippen molar-refractivity contribution in [2.75, 3.05) is 7.11 Å². The largest absolute Gasteiger partial charge is 0.497 e. The van der Waals surface area contributed by atoms with E-state index in [-0.39, 0.29) is 0 Å². The number of carbonyl (C=O) groups excluding carboxylic acids is 2. The Kier molecular flexibility index (Phi) is 4.23. The summed E-state index contributed by atoms with van der Waals surface area (Å²) in [5.41, 5.74) is 1.32. The van der Waals surface area contributed by atoms with E-state index in [2.05, 4.69) is 20.4 Å². The molecule has 28 heavy (non-hydrogen) atoms. The van der Waals surface area contributed by atoms with Crippen LogP contribution in [0.2, 0.25) is 0 Å². The third kappa shape index (κ3) is 2.94. The van der Waals surface area contributed by atoms with Crippen molar-refractivity contribution in [3.63, 3.8) is 0 Å². The zero-order valence-corrected chi connectivity index (χ0v) is 15.3. The van der Waals surface area contributed by atoms with E-state index in [1.807, 2.05) is 24.3 Å². The van der Waals surface area contributed by atoms with Gasteiger partial charge in [0, 0.05) is 0 Å². The van der Waals surface area contributed by atoms with Gasteiger partial charge in [0.05, 0.1) is 30.6 Å². The third-order valence-electron chi connectivity index (χ3n) is 4.61. The summed E-state index contributed by atoms with van der Waals surface area (Å²) in [6.45, 7) is 1.64. The van der Waals surface area contributed by atoms with Gasteiger partial charge in [-0.15, -0.1) is 5.01 Å². The molecular weight excluding hydrogens is 358 g/mol. The first-order valence-corrected chi connectivity index (χ1v) is 8.58. The summed E-state index contributed by atoms with van der Waals surface area (Å²) in [7, 11) is 1.56. The van der Waals surface area contributed by atoms with Crippen LogP contribution >= 0.6 is 0 Å². The van der Waals surface area contributed by atoms with Crippen LogP contribution in [0.4, 0.5) is 4.79 Å². The fourth-order valence-electron chi connectivity index (χ4n) is 3.00. The van der Waals surface area contributed by atoms with Gasteiger partial charge in [0.1, 0.15) is 17.0 Å². The summed E-state index contributed by atoms with van der Waals surface area (Å²) < 4.78 is 5.13. The van der Waals surface area contributed by atoms with Gasteiger partial charge < -0.3 is 10.1 Å². The van der Waals surface area contributed by atoms with Gasteiger partial charge in [-0.3, -0.25) is 9.78 Å². The first kappa shape index (κ1) is 17.6. The van der Waals surface area contributed by atoms with Crippen molar-refractivity contribution in [1.29, 1.82) is 0 Å². The molecule has 0 radical (unpaired) electrons. The zero-order chi connectivity index (χ0) is 19.7. The van der Waals surface area contributed by atoms with E-state index in [4.69, 9.17) is 4.74 Å². The number of hydrogen-bond donors (Lipinski definition) is 1. The van der Waals surface area contributed by atoms with Crippen LogP contribution in [-0.4, -0.2) is 40.2 Å². The average molecular weight is 375 g/mol. The highest BCUT2D eigenvalue weighted by molar-refractivity contribution is 6.07. The van der Waals surface area contributed by atoms with Crippen LogP contribution in [0.3, 0.4) is 0 Å². The van der Waals surface area contributed by atoms with Crippen molar-refractivity contribution in [2.45, 2.75) is 12.5 Å². The highest BCUT2D eigenvalue weighted by atomic mass is 16.5. The summed E-state index contributed by atoms with van der Waals surface area (Å²) in [5.74, 6) is 0.182.